The van der Waals surface area contributed by atoms with Gasteiger partial charge in [0.2, 0.25) is 0 Å². The number of hydrogen-bond donors (Lipinski definition) is 1. The summed E-state index contributed by atoms with van der Waals surface area (Å²) in [6, 6.07) is 11.8. The standard InChI is InChI=1S/C26H33NO4/c1-6-12-29-23-11-9-20(14-24(23)30-13-7-2)19(5)27-16-21-15-25(28)31-26-18(4)17(3)8-10-22(21)26/h8-11,14-15,19,27H,6-7,12-13,16H2,1-5H3/t19-/m1/s1. The van der Waals surface area contributed by atoms with Gasteiger partial charge >= 0.3 is 5.63 Å². The Morgan fingerprint density at radius 3 is 2.39 bits per heavy atom. The Balaban J connectivity index is 1.81. The summed E-state index contributed by atoms with van der Waals surface area (Å²) in [6.45, 7) is 12.2. The van der Waals surface area contributed by atoms with Gasteiger partial charge in [-0.3, -0.25) is 0 Å². The summed E-state index contributed by atoms with van der Waals surface area (Å²) in [5.41, 5.74) is 4.51. The van der Waals surface area contributed by atoms with Gasteiger partial charge in [0.15, 0.2) is 11.5 Å². The minimum atomic E-state index is -0.321. The third-order valence-electron chi connectivity index (χ3n) is 5.51. The van der Waals surface area contributed by atoms with E-state index in [0.29, 0.717) is 25.3 Å². The van der Waals surface area contributed by atoms with Crippen LogP contribution in [-0.4, -0.2) is 13.2 Å². The van der Waals surface area contributed by atoms with Crippen LogP contribution in [0.4, 0.5) is 0 Å². The van der Waals surface area contributed by atoms with E-state index in [1.807, 2.05) is 32.0 Å². The van der Waals surface area contributed by atoms with Crippen molar-refractivity contribution < 1.29 is 13.9 Å². The summed E-state index contributed by atoms with van der Waals surface area (Å²) in [4.78, 5) is 12.1. The SMILES string of the molecule is CCCOc1ccc([C@@H](C)NCc2cc(=O)oc3c(C)c(C)ccc23)cc1OCCC. The van der Waals surface area contributed by atoms with Crippen LogP contribution in [0.15, 0.2) is 45.6 Å². The van der Waals surface area contributed by atoms with E-state index in [4.69, 9.17) is 13.9 Å². The molecule has 0 saturated carbocycles. The van der Waals surface area contributed by atoms with Crippen molar-refractivity contribution in [2.45, 2.75) is 60.0 Å². The molecule has 0 bridgehead atoms. The first kappa shape index (κ1) is 22.9. The van der Waals surface area contributed by atoms with Crippen LogP contribution in [0.2, 0.25) is 0 Å². The van der Waals surface area contributed by atoms with Crippen molar-refractivity contribution >= 4 is 11.0 Å². The first-order valence-corrected chi connectivity index (χ1v) is 11.1. The maximum Gasteiger partial charge on any atom is 0.336 e. The van der Waals surface area contributed by atoms with Crippen LogP contribution in [0.25, 0.3) is 11.0 Å². The van der Waals surface area contributed by atoms with Crippen LogP contribution in [0.3, 0.4) is 0 Å². The van der Waals surface area contributed by atoms with Gasteiger partial charge in [0, 0.05) is 24.0 Å². The molecule has 1 atom stereocenters. The van der Waals surface area contributed by atoms with E-state index in [1.165, 1.54) is 0 Å². The predicted octanol–water partition coefficient (Wildman–Crippen LogP) is 5.84. The van der Waals surface area contributed by atoms with E-state index in [9.17, 15) is 4.79 Å². The first-order valence-electron chi connectivity index (χ1n) is 11.1. The summed E-state index contributed by atoms with van der Waals surface area (Å²) < 4.78 is 17.3. The molecule has 31 heavy (non-hydrogen) atoms. The number of aryl methyl sites for hydroxylation is 2. The van der Waals surface area contributed by atoms with E-state index >= 15 is 0 Å². The van der Waals surface area contributed by atoms with Gasteiger partial charge in [-0.05, 0) is 68.0 Å². The smallest absolute Gasteiger partial charge is 0.336 e. The predicted molar refractivity (Wildman–Crippen MR) is 125 cm³/mol. The summed E-state index contributed by atoms with van der Waals surface area (Å²) in [5, 5.41) is 4.51. The molecular formula is C26H33NO4. The Morgan fingerprint density at radius 2 is 1.68 bits per heavy atom. The summed E-state index contributed by atoms with van der Waals surface area (Å²) >= 11 is 0. The molecule has 0 radical (unpaired) electrons. The van der Waals surface area contributed by atoms with E-state index in [-0.39, 0.29) is 11.7 Å². The minimum Gasteiger partial charge on any atom is -0.490 e. The van der Waals surface area contributed by atoms with Crippen LogP contribution >= 0.6 is 0 Å². The van der Waals surface area contributed by atoms with Gasteiger partial charge in [0.25, 0.3) is 0 Å². The lowest BCUT2D eigenvalue weighted by Gasteiger charge is -2.18. The maximum absolute atomic E-state index is 12.1. The Labute approximate surface area is 184 Å². The van der Waals surface area contributed by atoms with Crippen molar-refractivity contribution in [3.63, 3.8) is 0 Å². The van der Waals surface area contributed by atoms with E-state index in [0.717, 1.165) is 52.0 Å². The number of rotatable bonds is 10. The molecule has 0 saturated heterocycles. The van der Waals surface area contributed by atoms with Crippen LogP contribution < -0.4 is 20.4 Å². The molecule has 5 heteroatoms. The fourth-order valence-electron chi connectivity index (χ4n) is 3.50. The zero-order chi connectivity index (χ0) is 22.4. The molecular weight excluding hydrogens is 390 g/mol. The van der Waals surface area contributed by atoms with Crippen molar-refractivity contribution in [1.29, 1.82) is 0 Å². The molecule has 3 aromatic rings. The quantitative estimate of drug-likeness (QED) is 0.415. The van der Waals surface area contributed by atoms with Gasteiger partial charge in [-0.15, -0.1) is 0 Å². The van der Waals surface area contributed by atoms with Crippen LogP contribution in [0.1, 0.15) is 61.9 Å². The number of ether oxygens (including phenoxy) is 2. The van der Waals surface area contributed by atoms with Crippen molar-refractivity contribution in [3.8, 4) is 11.5 Å². The van der Waals surface area contributed by atoms with Crippen molar-refractivity contribution in [2.24, 2.45) is 0 Å². The molecule has 0 aliphatic carbocycles. The van der Waals surface area contributed by atoms with Crippen molar-refractivity contribution in [1.82, 2.24) is 5.32 Å². The van der Waals surface area contributed by atoms with Crippen LogP contribution in [0, 0.1) is 13.8 Å². The zero-order valence-electron chi connectivity index (χ0n) is 19.2. The molecule has 2 aromatic carbocycles. The second kappa shape index (κ2) is 10.5. The molecule has 0 aliphatic heterocycles. The summed E-state index contributed by atoms with van der Waals surface area (Å²) in [7, 11) is 0. The maximum atomic E-state index is 12.1. The monoisotopic (exact) mass is 423 g/mol. The van der Waals surface area contributed by atoms with E-state index in [2.05, 4.69) is 38.2 Å². The van der Waals surface area contributed by atoms with E-state index < -0.39 is 0 Å². The number of hydrogen-bond acceptors (Lipinski definition) is 5. The van der Waals surface area contributed by atoms with Gasteiger partial charge in [0.05, 0.1) is 13.2 Å². The Hall–Kier alpha value is -2.79. The zero-order valence-corrected chi connectivity index (χ0v) is 19.2. The first-order chi connectivity index (χ1) is 14.9. The molecule has 0 unspecified atom stereocenters. The van der Waals surface area contributed by atoms with Crippen molar-refractivity contribution in [2.75, 3.05) is 13.2 Å². The Bertz CT molecular complexity index is 1090. The van der Waals surface area contributed by atoms with Gasteiger partial charge in [-0.1, -0.05) is 32.0 Å². The summed E-state index contributed by atoms with van der Waals surface area (Å²) in [5.74, 6) is 1.56. The highest BCUT2D eigenvalue weighted by molar-refractivity contribution is 5.83. The van der Waals surface area contributed by atoms with E-state index in [1.54, 1.807) is 6.07 Å². The highest BCUT2D eigenvalue weighted by Crippen LogP contribution is 2.31. The van der Waals surface area contributed by atoms with Gasteiger partial charge in [-0.25, -0.2) is 4.79 Å². The molecule has 1 heterocycles. The highest BCUT2D eigenvalue weighted by Gasteiger charge is 2.14. The molecule has 1 aromatic heterocycles. The summed E-state index contributed by atoms with van der Waals surface area (Å²) in [6.07, 6.45) is 1.89. The number of nitrogens with one attached hydrogen (secondary N) is 1. The number of benzene rings is 2. The topological polar surface area (TPSA) is 60.7 Å². The molecule has 5 nitrogen and oxygen atoms in total. The second-order valence-electron chi connectivity index (χ2n) is 7.98. The lowest BCUT2D eigenvalue weighted by molar-refractivity contribution is 0.268. The average molecular weight is 424 g/mol. The molecule has 166 valence electrons. The lowest BCUT2D eigenvalue weighted by atomic mass is 10.0. The average Bonchev–Trinajstić information content (AvgIpc) is 2.77. The molecule has 3 rings (SSSR count). The molecule has 0 spiro atoms. The number of fused-ring (bicyclic) bond motifs is 1. The van der Waals surface area contributed by atoms with Gasteiger partial charge in [0.1, 0.15) is 5.58 Å². The van der Waals surface area contributed by atoms with Crippen molar-refractivity contribution in [3.05, 3.63) is 69.1 Å². The normalized spacial score (nSPS) is 12.2. The molecule has 0 aliphatic rings. The fraction of sp³-hybridized carbons (Fsp3) is 0.423. The molecule has 1 N–H and O–H groups in total. The lowest BCUT2D eigenvalue weighted by Crippen LogP contribution is -2.19. The Morgan fingerprint density at radius 1 is 0.968 bits per heavy atom. The van der Waals surface area contributed by atoms with Gasteiger partial charge < -0.3 is 19.2 Å². The third kappa shape index (κ3) is 5.47. The van der Waals surface area contributed by atoms with Gasteiger partial charge in [-0.2, -0.15) is 0 Å². The highest BCUT2D eigenvalue weighted by atomic mass is 16.5. The minimum absolute atomic E-state index is 0.0676. The van der Waals surface area contributed by atoms with Crippen LogP contribution in [0.5, 0.6) is 11.5 Å². The van der Waals surface area contributed by atoms with Crippen LogP contribution in [-0.2, 0) is 6.54 Å². The fourth-order valence-corrected chi connectivity index (χ4v) is 3.50. The largest absolute Gasteiger partial charge is 0.490 e. The molecule has 0 amide bonds. The molecule has 0 fully saturated rings. The second-order valence-corrected chi connectivity index (χ2v) is 7.98. The Kier molecular flexibility index (Phi) is 7.75. The third-order valence-corrected chi connectivity index (χ3v) is 5.51.